The Morgan fingerprint density at radius 1 is 0.667 bits per heavy atom. The van der Waals surface area contributed by atoms with E-state index in [2.05, 4.69) is 164 Å². The van der Waals surface area contributed by atoms with Gasteiger partial charge in [-0.1, -0.05) is 99.7 Å². The van der Waals surface area contributed by atoms with Gasteiger partial charge in [-0.25, -0.2) is 0 Å². The van der Waals surface area contributed by atoms with Gasteiger partial charge in [0.25, 0.3) is 0 Å². The van der Waals surface area contributed by atoms with Crippen molar-refractivity contribution in [1.82, 2.24) is 0 Å². The topological polar surface area (TPSA) is 36.1 Å². The molecule has 0 amide bonds. The number of anilines is 3. The van der Waals surface area contributed by atoms with E-state index in [0.29, 0.717) is 39.8 Å². The average molecular weight is 726 g/mol. The third kappa shape index (κ3) is 5.49. The lowest BCUT2D eigenvalue weighted by Gasteiger charge is -2.46. The van der Waals surface area contributed by atoms with Crippen LogP contribution >= 0.6 is 35.3 Å². The van der Waals surface area contributed by atoms with Crippen molar-refractivity contribution in [2.45, 2.75) is 100 Å². The summed E-state index contributed by atoms with van der Waals surface area (Å²) in [6.07, 6.45) is 26.6. The number of fused-ring (bicyclic) bond motifs is 6. The molecule has 0 saturated heterocycles. The third-order valence-corrected chi connectivity index (χ3v) is 17.1. The highest BCUT2D eigenvalue weighted by Crippen LogP contribution is 2.59. The van der Waals surface area contributed by atoms with E-state index in [1.165, 1.54) is 62.1 Å². The lowest BCUT2D eigenvalue weighted by atomic mass is 9.63. The fraction of sp³-hybridized carbons (Fsp3) is 0.378. The van der Waals surface area contributed by atoms with Crippen LogP contribution in [0.2, 0.25) is 0 Å². The number of thioether (sulfide) groups is 3. The summed E-state index contributed by atoms with van der Waals surface area (Å²) in [5.41, 5.74) is 8.26. The lowest BCUT2D eigenvalue weighted by molar-refractivity contribution is 0.222. The molecule has 9 atom stereocenters. The maximum Gasteiger partial charge on any atom is 0.0605 e. The van der Waals surface area contributed by atoms with Gasteiger partial charge in [0.15, 0.2) is 0 Å². The fourth-order valence-corrected chi connectivity index (χ4v) is 13.2. The van der Waals surface area contributed by atoms with Gasteiger partial charge in [-0.3, -0.25) is 0 Å². The van der Waals surface area contributed by atoms with E-state index in [4.69, 9.17) is 0 Å². The van der Waals surface area contributed by atoms with Gasteiger partial charge in [-0.05, 0) is 90.6 Å². The third-order valence-electron chi connectivity index (χ3n) is 13.1. The summed E-state index contributed by atoms with van der Waals surface area (Å²) in [7, 11) is 0. The zero-order valence-corrected chi connectivity index (χ0v) is 32.1. The van der Waals surface area contributed by atoms with Crippen molar-refractivity contribution in [2.75, 3.05) is 16.0 Å². The monoisotopic (exact) mass is 725 g/mol. The molecule has 0 aromatic heterocycles. The van der Waals surface area contributed by atoms with Crippen LogP contribution in [0.4, 0.5) is 17.1 Å². The van der Waals surface area contributed by atoms with Gasteiger partial charge < -0.3 is 16.0 Å². The Bertz CT molecular complexity index is 2040. The quantitative estimate of drug-likeness (QED) is 0.220. The van der Waals surface area contributed by atoms with Gasteiger partial charge in [-0.15, -0.1) is 35.3 Å². The number of allylic oxidation sites excluding steroid dienone is 5. The van der Waals surface area contributed by atoms with E-state index in [0.717, 1.165) is 12.3 Å². The van der Waals surface area contributed by atoms with E-state index >= 15 is 0 Å². The number of hydrogen-bond acceptors (Lipinski definition) is 6. The summed E-state index contributed by atoms with van der Waals surface area (Å²) in [6.45, 7) is 7.37. The minimum atomic E-state index is -0.0812. The molecule has 1 fully saturated rings. The summed E-state index contributed by atoms with van der Waals surface area (Å²) in [5, 5.41) is 13.1. The van der Waals surface area contributed by atoms with Gasteiger partial charge in [-0.2, -0.15) is 0 Å². The second kappa shape index (κ2) is 12.5. The van der Waals surface area contributed by atoms with Crippen LogP contribution < -0.4 is 16.0 Å². The fourth-order valence-electron chi connectivity index (χ4n) is 9.52. The number of rotatable bonds is 6. The Balaban J connectivity index is 0.917. The first kappa shape index (κ1) is 32.5. The molecule has 3 nitrogen and oxygen atoms in total. The highest BCUT2D eigenvalue weighted by atomic mass is 32.2. The van der Waals surface area contributed by atoms with Crippen LogP contribution in [0, 0.1) is 17.3 Å². The van der Waals surface area contributed by atoms with Crippen LogP contribution in [0.3, 0.4) is 0 Å². The van der Waals surface area contributed by atoms with Crippen molar-refractivity contribution in [3.8, 4) is 0 Å². The van der Waals surface area contributed by atoms with Crippen molar-refractivity contribution in [3.05, 3.63) is 132 Å². The number of hydrogen-bond donors (Lipinski definition) is 3. The maximum atomic E-state index is 3.95. The SMILES string of the molecule is CCC(C)(c1ccc2c(c1)NC1C=CC=CC1S2)c1ccc2c(c1)SC1C=C(C(C)(C3C=CC4Sc5ccccc5NC4C3)C3CC3)C=CC1N2. The molecular weight excluding hydrogens is 679 g/mol. The van der Waals surface area contributed by atoms with Crippen molar-refractivity contribution in [3.63, 3.8) is 0 Å². The molecule has 10 rings (SSSR count). The molecule has 9 unspecified atom stereocenters. The van der Waals surface area contributed by atoms with E-state index in [9.17, 15) is 0 Å². The standard InChI is InChI=1S/C45H47N3S3/c1-4-44(2,28-17-21-40-36(23-28)47-32-9-5-7-11-38(32)49-40)29-15-19-34-42(25-29)51-43-26-31(16-20-35(43)46-34)45(3,27-13-14-27)30-18-22-41-37(24-30)48-33-10-6-8-12-39(33)50-41/h5-12,15-23,25-27,30,32,35,37-38,41,43,46-48H,4,13-14,24H2,1-3H3. The van der Waals surface area contributed by atoms with Crippen molar-refractivity contribution < 1.29 is 0 Å². The van der Waals surface area contributed by atoms with Gasteiger partial charge in [0.2, 0.25) is 0 Å². The zero-order chi connectivity index (χ0) is 34.3. The minimum absolute atomic E-state index is 0.0812. The number of benzene rings is 3. The minimum Gasteiger partial charge on any atom is -0.380 e. The van der Waals surface area contributed by atoms with Gasteiger partial charge in [0.1, 0.15) is 0 Å². The van der Waals surface area contributed by atoms with E-state index in [-0.39, 0.29) is 10.8 Å². The van der Waals surface area contributed by atoms with Crippen LogP contribution in [0.15, 0.2) is 136 Å². The van der Waals surface area contributed by atoms with E-state index in [1.54, 1.807) is 5.57 Å². The summed E-state index contributed by atoms with van der Waals surface area (Å²) in [4.78, 5) is 4.11. The number of para-hydroxylation sites is 1. The molecule has 0 radical (unpaired) electrons. The first-order chi connectivity index (χ1) is 24.9. The molecule has 0 spiro atoms. The van der Waals surface area contributed by atoms with E-state index < -0.39 is 0 Å². The van der Waals surface area contributed by atoms with Gasteiger partial charge >= 0.3 is 0 Å². The smallest absolute Gasteiger partial charge is 0.0605 e. The van der Waals surface area contributed by atoms with Crippen LogP contribution in [-0.2, 0) is 5.41 Å². The Labute approximate surface area is 316 Å². The molecule has 3 N–H and O–H groups in total. The lowest BCUT2D eigenvalue weighted by Crippen LogP contribution is -2.43. The largest absolute Gasteiger partial charge is 0.380 e. The molecule has 3 aromatic rings. The molecule has 0 bridgehead atoms. The predicted octanol–water partition coefficient (Wildman–Crippen LogP) is 11.5. The molecule has 7 aliphatic rings. The van der Waals surface area contributed by atoms with Crippen LogP contribution in [-0.4, -0.2) is 33.9 Å². The first-order valence-electron chi connectivity index (χ1n) is 19.0. The molecule has 6 heteroatoms. The summed E-state index contributed by atoms with van der Waals surface area (Å²) >= 11 is 6.08. The molecule has 260 valence electrons. The molecule has 51 heavy (non-hydrogen) atoms. The second-order valence-corrected chi connectivity index (χ2v) is 19.6. The van der Waals surface area contributed by atoms with Crippen LogP contribution in [0.25, 0.3) is 0 Å². The highest BCUT2D eigenvalue weighted by Gasteiger charge is 2.51. The summed E-state index contributed by atoms with van der Waals surface area (Å²) in [6, 6.07) is 24.3. The number of nitrogens with one attached hydrogen (secondary N) is 3. The average Bonchev–Trinajstić information content (AvgIpc) is 4.03. The van der Waals surface area contributed by atoms with Crippen LogP contribution in [0.1, 0.15) is 57.6 Å². The predicted molar refractivity (Wildman–Crippen MR) is 221 cm³/mol. The Hall–Kier alpha value is -3.19. The summed E-state index contributed by atoms with van der Waals surface area (Å²) < 4.78 is 0. The molecule has 3 aliphatic heterocycles. The van der Waals surface area contributed by atoms with E-state index in [1.807, 2.05) is 23.5 Å². The highest BCUT2D eigenvalue weighted by molar-refractivity contribution is 8.00. The van der Waals surface area contributed by atoms with Gasteiger partial charge in [0, 0.05) is 53.9 Å². The van der Waals surface area contributed by atoms with Crippen molar-refractivity contribution >= 4 is 52.3 Å². The second-order valence-electron chi connectivity index (χ2n) is 16.0. The van der Waals surface area contributed by atoms with Crippen LogP contribution in [0.5, 0.6) is 0 Å². The molecule has 1 saturated carbocycles. The summed E-state index contributed by atoms with van der Waals surface area (Å²) in [5.74, 6) is 1.29. The Kier molecular flexibility index (Phi) is 7.93. The zero-order valence-electron chi connectivity index (χ0n) is 29.6. The Morgan fingerprint density at radius 3 is 2.27 bits per heavy atom. The molecule has 3 heterocycles. The maximum absolute atomic E-state index is 3.95. The molecular formula is C45H47N3S3. The van der Waals surface area contributed by atoms with Crippen molar-refractivity contribution in [2.24, 2.45) is 17.3 Å². The van der Waals surface area contributed by atoms with Crippen molar-refractivity contribution in [1.29, 1.82) is 0 Å². The molecule has 3 aromatic carbocycles. The first-order valence-corrected chi connectivity index (χ1v) is 21.6. The Morgan fingerprint density at radius 2 is 1.39 bits per heavy atom. The normalized spacial score (nSPS) is 31.7. The van der Waals surface area contributed by atoms with Gasteiger partial charge in [0.05, 0.1) is 22.6 Å². The molecule has 4 aliphatic carbocycles.